The van der Waals surface area contributed by atoms with Gasteiger partial charge < -0.3 is 11.1 Å². The molecule has 3 heterocycles. The number of pyridine rings is 1. The number of rotatable bonds is 4. The lowest BCUT2D eigenvalue weighted by Gasteiger charge is -2.13. The van der Waals surface area contributed by atoms with Crippen molar-refractivity contribution in [3.8, 4) is 22.6 Å². The number of benzene rings is 1. The number of amides is 1. The van der Waals surface area contributed by atoms with Gasteiger partial charge in [-0.15, -0.1) is 0 Å². The topological polar surface area (TPSA) is 112 Å². The van der Waals surface area contributed by atoms with Crippen molar-refractivity contribution < 1.29 is 4.79 Å². The van der Waals surface area contributed by atoms with Gasteiger partial charge in [-0.2, -0.15) is 5.10 Å². The van der Waals surface area contributed by atoms with Crippen molar-refractivity contribution in [1.82, 2.24) is 30.0 Å². The predicted molar refractivity (Wildman–Crippen MR) is 115 cm³/mol. The predicted octanol–water partition coefficient (Wildman–Crippen LogP) is 3.22. The molecule has 0 bridgehead atoms. The van der Waals surface area contributed by atoms with E-state index in [-0.39, 0.29) is 23.5 Å². The second-order valence-corrected chi connectivity index (χ2v) is 7.72. The van der Waals surface area contributed by atoms with Crippen molar-refractivity contribution in [2.24, 2.45) is 7.05 Å². The number of halogens is 1. The SMILES string of the molecule is Cn1ccc(-c2nc(N)c(C(=O)NC3CC3)nc2-c2cc(Cl)c3ncccc3c2)n1. The number of fused-ring (bicyclic) bond motifs is 1. The summed E-state index contributed by atoms with van der Waals surface area (Å²) in [7, 11) is 1.82. The third-order valence-corrected chi connectivity index (χ3v) is 5.23. The largest absolute Gasteiger partial charge is 0.382 e. The van der Waals surface area contributed by atoms with Crippen LogP contribution < -0.4 is 11.1 Å². The third-order valence-electron chi connectivity index (χ3n) is 4.94. The fourth-order valence-corrected chi connectivity index (χ4v) is 3.58. The first-order valence-electron chi connectivity index (χ1n) is 9.52. The van der Waals surface area contributed by atoms with Gasteiger partial charge in [-0.3, -0.25) is 14.5 Å². The maximum absolute atomic E-state index is 12.7. The van der Waals surface area contributed by atoms with Gasteiger partial charge in [0.05, 0.1) is 16.2 Å². The minimum absolute atomic E-state index is 0.0612. The van der Waals surface area contributed by atoms with E-state index in [9.17, 15) is 4.79 Å². The van der Waals surface area contributed by atoms with E-state index in [0.717, 1.165) is 18.2 Å². The Hall–Kier alpha value is -3.52. The number of nitrogens with zero attached hydrogens (tertiary/aromatic N) is 5. The van der Waals surface area contributed by atoms with E-state index in [0.29, 0.717) is 33.2 Å². The van der Waals surface area contributed by atoms with E-state index < -0.39 is 0 Å². The van der Waals surface area contributed by atoms with Gasteiger partial charge in [0.15, 0.2) is 11.5 Å². The number of hydrogen-bond acceptors (Lipinski definition) is 6. The molecule has 1 aromatic carbocycles. The van der Waals surface area contributed by atoms with Crippen molar-refractivity contribution in [2.45, 2.75) is 18.9 Å². The lowest BCUT2D eigenvalue weighted by Crippen LogP contribution is -2.28. The van der Waals surface area contributed by atoms with Crippen LogP contribution in [-0.2, 0) is 7.05 Å². The van der Waals surface area contributed by atoms with Crippen LogP contribution in [0.15, 0.2) is 42.7 Å². The highest BCUT2D eigenvalue weighted by atomic mass is 35.5. The Kier molecular flexibility index (Phi) is 4.36. The summed E-state index contributed by atoms with van der Waals surface area (Å²) in [5.41, 5.74) is 9.18. The zero-order chi connectivity index (χ0) is 20.8. The smallest absolute Gasteiger partial charge is 0.273 e. The van der Waals surface area contributed by atoms with Crippen molar-refractivity contribution in [3.05, 3.63) is 53.4 Å². The highest BCUT2D eigenvalue weighted by Crippen LogP contribution is 2.34. The fraction of sp³-hybridized carbons (Fsp3) is 0.190. The van der Waals surface area contributed by atoms with Crippen LogP contribution in [0.5, 0.6) is 0 Å². The van der Waals surface area contributed by atoms with Crippen LogP contribution in [0, 0.1) is 0 Å². The van der Waals surface area contributed by atoms with Crippen LogP contribution in [-0.4, -0.2) is 36.7 Å². The summed E-state index contributed by atoms with van der Waals surface area (Å²) in [4.78, 5) is 26.2. The van der Waals surface area contributed by atoms with Gasteiger partial charge in [0.2, 0.25) is 0 Å². The molecule has 3 aromatic heterocycles. The molecule has 150 valence electrons. The second-order valence-electron chi connectivity index (χ2n) is 7.31. The summed E-state index contributed by atoms with van der Waals surface area (Å²) in [6, 6.07) is 9.45. The molecule has 1 fully saturated rings. The molecule has 0 atom stereocenters. The molecule has 5 rings (SSSR count). The lowest BCUT2D eigenvalue weighted by molar-refractivity contribution is 0.0947. The Balaban J connectivity index is 1.72. The number of hydrogen-bond donors (Lipinski definition) is 2. The molecule has 1 aliphatic carbocycles. The number of aryl methyl sites for hydroxylation is 1. The van der Waals surface area contributed by atoms with Gasteiger partial charge in [-0.1, -0.05) is 17.7 Å². The van der Waals surface area contributed by atoms with Gasteiger partial charge in [-0.05, 0) is 37.1 Å². The average molecular weight is 420 g/mol. The summed E-state index contributed by atoms with van der Waals surface area (Å²) in [6.45, 7) is 0. The van der Waals surface area contributed by atoms with E-state index in [4.69, 9.17) is 17.3 Å². The molecular formula is C21H18ClN7O. The Morgan fingerprint density at radius 2 is 2.07 bits per heavy atom. The molecule has 8 nitrogen and oxygen atoms in total. The minimum Gasteiger partial charge on any atom is -0.382 e. The summed E-state index contributed by atoms with van der Waals surface area (Å²) in [5.74, 6) is -0.268. The number of anilines is 1. The van der Waals surface area contributed by atoms with E-state index in [1.807, 2.05) is 37.5 Å². The molecule has 0 radical (unpaired) electrons. The number of aromatic nitrogens is 5. The molecule has 0 spiro atoms. The van der Waals surface area contributed by atoms with E-state index >= 15 is 0 Å². The number of nitrogens with one attached hydrogen (secondary N) is 1. The van der Waals surface area contributed by atoms with Gasteiger partial charge in [0.1, 0.15) is 11.4 Å². The molecule has 1 saturated carbocycles. The summed E-state index contributed by atoms with van der Waals surface area (Å²) in [5, 5.41) is 8.70. The van der Waals surface area contributed by atoms with E-state index in [1.165, 1.54) is 0 Å². The average Bonchev–Trinajstić information content (AvgIpc) is 3.44. The molecule has 0 aliphatic heterocycles. The quantitative estimate of drug-likeness (QED) is 0.525. The number of nitrogen functional groups attached to an aromatic ring is 1. The number of nitrogens with two attached hydrogens (primary N) is 1. The van der Waals surface area contributed by atoms with Crippen LogP contribution in [0.2, 0.25) is 5.02 Å². The maximum Gasteiger partial charge on any atom is 0.273 e. The van der Waals surface area contributed by atoms with Crippen LogP contribution in [0.3, 0.4) is 0 Å². The molecular weight excluding hydrogens is 402 g/mol. The monoisotopic (exact) mass is 419 g/mol. The van der Waals surface area contributed by atoms with Crippen molar-refractivity contribution >= 4 is 34.2 Å². The zero-order valence-electron chi connectivity index (χ0n) is 16.1. The molecule has 30 heavy (non-hydrogen) atoms. The van der Waals surface area contributed by atoms with Gasteiger partial charge >= 0.3 is 0 Å². The molecule has 9 heteroatoms. The van der Waals surface area contributed by atoms with Crippen molar-refractivity contribution in [3.63, 3.8) is 0 Å². The Morgan fingerprint density at radius 1 is 1.23 bits per heavy atom. The Morgan fingerprint density at radius 3 is 2.80 bits per heavy atom. The standard InChI is InChI=1S/C21H18ClN7O/c1-29-8-6-15(28-29)18-17(12-9-11-3-2-7-24-16(11)14(22)10-12)26-19(20(23)27-18)21(30)25-13-4-5-13/h2-3,6-10,13H,4-5H2,1H3,(H2,23,27)(H,25,30). The fourth-order valence-electron chi connectivity index (χ4n) is 3.30. The van der Waals surface area contributed by atoms with Crippen LogP contribution in [0.1, 0.15) is 23.3 Å². The highest BCUT2D eigenvalue weighted by Gasteiger charge is 2.27. The lowest BCUT2D eigenvalue weighted by atomic mass is 10.0. The number of carbonyl (C=O) groups is 1. The van der Waals surface area contributed by atoms with Gasteiger partial charge in [-0.25, -0.2) is 9.97 Å². The normalized spacial score (nSPS) is 13.5. The Bertz CT molecular complexity index is 1300. The molecule has 3 N–H and O–H groups in total. The molecule has 0 unspecified atom stereocenters. The van der Waals surface area contributed by atoms with Crippen LogP contribution >= 0.6 is 11.6 Å². The van der Waals surface area contributed by atoms with Crippen molar-refractivity contribution in [1.29, 1.82) is 0 Å². The minimum atomic E-state index is -0.329. The molecule has 1 amide bonds. The first-order chi connectivity index (χ1) is 14.5. The molecule has 1 aliphatic rings. The summed E-state index contributed by atoms with van der Waals surface area (Å²) >= 11 is 6.49. The summed E-state index contributed by atoms with van der Waals surface area (Å²) in [6.07, 6.45) is 5.43. The van der Waals surface area contributed by atoms with Crippen LogP contribution in [0.4, 0.5) is 5.82 Å². The van der Waals surface area contributed by atoms with Crippen molar-refractivity contribution in [2.75, 3.05) is 5.73 Å². The third kappa shape index (κ3) is 3.35. The first kappa shape index (κ1) is 18.5. The van der Waals surface area contributed by atoms with E-state index in [2.05, 4.69) is 25.4 Å². The maximum atomic E-state index is 12.7. The molecule has 0 saturated heterocycles. The van der Waals surface area contributed by atoms with Gasteiger partial charge in [0, 0.05) is 36.4 Å². The second kappa shape index (κ2) is 7.07. The van der Waals surface area contributed by atoms with Crippen LogP contribution in [0.25, 0.3) is 33.5 Å². The molecule has 4 aromatic rings. The first-order valence-corrected chi connectivity index (χ1v) is 9.90. The van der Waals surface area contributed by atoms with E-state index in [1.54, 1.807) is 16.9 Å². The Labute approximate surface area is 177 Å². The zero-order valence-corrected chi connectivity index (χ0v) is 16.9. The van der Waals surface area contributed by atoms with Gasteiger partial charge in [0.25, 0.3) is 5.91 Å². The highest BCUT2D eigenvalue weighted by molar-refractivity contribution is 6.35. The number of carbonyl (C=O) groups excluding carboxylic acids is 1. The summed E-state index contributed by atoms with van der Waals surface area (Å²) < 4.78 is 1.67.